The molecule has 0 fully saturated rings. The van der Waals surface area contributed by atoms with E-state index in [-0.39, 0.29) is 5.38 Å². The van der Waals surface area contributed by atoms with E-state index in [9.17, 15) is 0 Å². The Morgan fingerprint density at radius 2 is 1.72 bits per heavy atom. The second-order valence-corrected chi connectivity index (χ2v) is 5.12. The molecule has 1 aliphatic rings. The van der Waals surface area contributed by atoms with Crippen LogP contribution in [-0.4, -0.2) is 0 Å². The zero-order valence-electron chi connectivity index (χ0n) is 10.2. The maximum absolute atomic E-state index is 6.72. The van der Waals surface area contributed by atoms with Crippen LogP contribution < -0.4 is 0 Å². The molecular formula is C17H15Cl. The molecule has 1 heteroatoms. The van der Waals surface area contributed by atoms with E-state index in [1.165, 1.54) is 22.3 Å². The van der Waals surface area contributed by atoms with Gasteiger partial charge < -0.3 is 0 Å². The summed E-state index contributed by atoms with van der Waals surface area (Å²) in [5, 5.41) is -0.0621. The molecule has 1 atom stereocenters. The summed E-state index contributed by atoms with van der Waals surface area (Å²) in [6.07, 6.45) is 4.02. The van der Waals surface area contributed by atoms with Gasteiger partial charge in [0.1, 0.15) is 0 Å². The number of hydrogen-bond donors (Lipinski definition) is 0. The number of halogens is 1. The van der Waals surface area contributed by atoms with Gasteiger partial charge in [0.25, 0.3) is 0 Å². The van der Waals surface area contributed by atoms with Crippen LogP contribution in [0.2, 0.25) is 0 Å². The molecule has 0 bridgehead atoms. The summed E-state index contributed by atoms with van der Waals surface area (Å²) in [6, 6.07) is 14.9. The average Bonchev–Trinajstić information content (AvgIpc) is 2.57. The van der Waals surface area contributed by atoms with Crippen molar-refractivity contribution in [3.63, 3.8) is 0 Å². The molecule has 1 aliphatic carbocycles. The standard InChI is InChI=1S/C17H15Cl/c1-2-12-7-5-8-14-11-10-13-6-3-4-9-15(13)17(18)16(12)14/h2-9,17H,1,10-11H2. The van der Waals surface area contributed by atoms with Gasteiger partial charge in [-0.25, -0.2) is 0 Å². The molecule has 0 heterocycles. The van der Waals surface area contributed by atoms with Crippen molar-refractivity contribution in [3.05, 3.63) is 76.9 Å². The number of hydrogen-bond acceptors (Lipinski definition) is 0. The fourth-order valence-corrected chi connectivity index (χ4v) is 3.25. The summed E-state index contributed by atoms with van der Waals surface area (Å²) in [4.78, 5) is 0. The van der Waals surface area contributed by atoms with Gasteiger partial charge in [-0.3, -0.25) is 0 Å². The molecule has 90 valence electrons. The second-order valence-electron chi connectivity index (χ2n) is 4.69. The normalized spacial score (nSPS) is 17.5. The van der Waals surface area contributed by atoms with Crippen molar-refractivity contribution in [2.75, 3.05) is 0 Å². The molecular weight excluding hydrogens is 240 g/mol. The van der Waals surface area contributed by atoms with Crippen LogP contribution in [0.1, 0.15) is 33.2 Å². The van der Waals surface area contributed by atoms with E-state index in [4.69, 9.17) is 11.6 Å². The Hall–Kier alpha value is -1.53. The van der Waals surface area contributed by atoms with E-state index in [0.29, 0.717) is 0 Å². The molecule has 2 aromatic carbocycles. The molecule has 0 saturated carbocycles. The summed E-state index contributed by atoms with van der Waals surface area (Å²) in [6.45, 7) is 3.90. The van der Waals surface area contributed by atoms with Crippen molar-refractivity contribution in [1.29, 1.82) is 0 Å². The Labute approximate surface area is 113 Å². The van der Waals surface area contributed by atoms with Crippen molar-refractivity contribution in [3.8, 4) is 0 Å². The van der Waals surface area contributed by atoms with E-state index in [1.54, 1.807) is 0 Å². The van der Waals surface area contributed by atoms with Gasteiger partial charge in [0, 0.05) is 0 Å². The minimum atomic E-state index is -0.0621. The van der Waals surface area contributed by atoms with Gasteiger partial charge in [0.2, 0.25) is 0 Å². The van der Waals surface area contributed by atoms with Gasteiger partial charge in [0.05, 0.1) is 5.38 Å². The molecule has 0 radical (unpaired) electrons. The fraction of sp³-hybridized carbons (Fsp3) is 0.176. The highest BCUT2D eigenvalue weighted by Crippen LogP contribution is 2.39. The molecule has 0 aromatic heterocycles. The van der Waals surface area contributed by atoms with Crippen LogP contribution in [0.3, 0.4) is 0 Å². The third kappa shape index (κ3) is 1.77. The van der Waals surface area contributed by atoms with E-state index >= 15 is 0 Å². The largest absolute Gasteiger partial charge is 0.113 e. The number of benzene rings is 2. The third-order valence-corrected chi connectivity index (χ3v) is 4.15. The van der Waals surface area contributed by atoms with Crippen LogP contribution in [0.4, 0.5) is 0 Å². The van der Waals surface area contributed by atoms with Gasteiger partial charge in [-0.15, -0.1) is 11.6 Å². The lowest BCUT2D eigenvalue weighted by Crippen LogP contribution is -1.99. The average molecular weight is 255 g/mol. The lowest BCUT2D eigenvalue weighted by atomic mass is 9.95. The maximum Gasteiger partial charge on any atom is 0.0846 e. The van der Waals surface area contributed by atoms with Crippen LogP contribution in [0.5, 0.6) is 0 Å². The Balaban J connectivity index is 2.23. The van der Waals surface area contributed by atoms with E-state index in [2.05, 4.69) is 49.0 Å². The van der Waals surface area contributed by atoms with Crippen molar-refractivity contribution < 1.29 is 0 Å². The van der Waals surface area contributed by atoms with Crippen molar-refractivity contribution in [2.24, 2.45) is 0 Å². The molecule has 0 spiro atoms. The third-order valence-electron chi connectivity index (χ3n) is 3.70. The Kier molecular flexibility index (Phi) is 2.97. The van der Waals surface area contributed by atoms with Crippen molar-refractivity contribution >= 4 is 17.7 Å². The SMILES string of the molecule is C=Cc1cccc2c1C(Cl)c1ccccc1CC2. The minimum Gasteiger partial charge on any atom is -0.113 e. The molecule has 0 amide bonds. The Bertz CT molecular complexity index is 598. The molecule has 0 aliphatic heterocycles. The van der Waals surface area contributed by atoms with Gasteiger partial charge in [-0.05, 0) is 40.7 Å². The number of alkyl halides is 1. The minimum absolute atomic E-state index is 0.0621. The maximum atomic E-state index is 6.72. The van der Waals surface area contributed by atoms with Gasteiger partial charge in [-0.1, -0.05) is 55.1 Å². The Morgan fingerprint density at radius 3 is 2.56 bits per heavy atom. The highest BCUT2D eigenvalue weighted by Gasteiger charge is 2.22. The van der Waals surface area contributed by atoms with Crippen LogP contribution in [-0.2, 0) is 12.8 Å². The summed E-state index contributed by atoms with van der Waals surface area (Å²) in [5.74, 6) is 0. The van der Waals surface area contributed by atoms with Gasteiger partial charge in [-0.2, -0.15) is 0 Å². The van der Waals surface area contributed by atoms with E-state index in [1.807, 2.05) is 6.08 Å². The molecule has 18 heavy (non-hydrogen) atoms. The molecule has 0 saturated heterocycles. The number of aryl methyl sites for hydroxylation is 2. The number of rotatable bonds is 1. The molecule has 3 rings (SSSR count). The predicted octanol–water partition coefficient (Wildman–Crippen LogP) is 4.76. The molecule has 0 N–H and O–H groups in total. The fourth-order valence-electron chi connectivity index (χ4n) is 2.77. The zero-order chi connectivity index (χ0) is 12.5. The summed E-state index contributed by atoms with van der Waals surface area (Å²) in [7, 11) is 0. The summed E-state index contributed by atoms with van der Waals surface area (Å²) >= 11 is 6.72. The summed E-state index contributed by atoms with van der Waals surface area (Å²) in [5.41, 5.74) is 6.35. The highest BCUT2D eigenvalue weighted by atomic mass is 35.5. The highest BCUT2D eigenvalue weighted by molar-refractivity contribution is 6.23. The first kappa shape index (κ1) is 11.6. The van der Waals surface area contributed by atoms with E-state index < -0.39 is 0 Å². The summed E-state index contributed by atoms with van der Waals surface area (Å²) < 4.78 is 0. The van der Waals surface area contributed by atoms with Gasteiger partial charge in [0.15, 0.2) is 0 Å². The lowest BCUT2D eigenvalue weighted by Gasteiger charge is -2.16. The lowest BCUT2D eigenvalue weighted by molar-refractivity contribution is 0.965. The van der Waals surface area contributed by atoms with Gasteiger partial charge >= 0.3 is 0 Å². The molecule has 0 nitrogen and oxygen atoms in total. The predicted molar refractivity (Wildman–Crippen MR) is 78.1 cm³/mol. The Morgan fingerprint density at radius 1 is 1.00 bits per heavy atom. The van der Waals surface area contributed by atoms with Crippen LogP contribution >= 0.6 is 11.6 Å². The van der Waals surface area contributed by atoms with E-state index in [0.717, 1.165) is 18.4 Å². The monoisotopic (exact) mass is 254 g/mol. The molecule has 1 unspecified atom stereocenters. The van der Waals surface area contributed by atoms with Crippen molar-refractivity contribution in [2.45, 2.75) is 18.2 Å². The number of fused-ring (bicyclic) bond motifs is 2. The smallest absolute Gasteiger partial charge is 0.0846 e. The first-order valence-corrected chi connectivity index (χ1v) is 6.71. The molecule has 2 aromatic rings. The van der Waals surface area contributed by atoms with Crippen molar-refractivity contribution in [1.82, 2.24) is 0 Å². The first-order chi connectivity index (χ1) is 8.81. The topological polar surface area (TPSA) is 0 Å². The van der Waals surface area contributed by atoms with Crippen LogP contribution in [0.15, 0.2) is 49.0 Å². The quantitative estimate of drug-likeness (QED) is 0.644. The zero-order valence-corrected chi connectivity index (χ0v) is 11.0. The first-order valence-electron chi connectivity index (χ1n) is 6.27. The van der Waals surface area contributed by atoms with Crippen LogP contribution in [0.25, 0.3) is 6.08 Å². The van der Waals surface area contributed by atoms with Crippen LogP contribution in [0, 0.1) is 0 Å². The second kappa shape index (κ2) is 4.62.